The largest absolute Gasteiger partial charge is 1.00 e. The molecule has 0 radical (unpaired) electrons. The van der Waals surface area contributed by atoms with Crippen LogP contribution in [0.2, 0.25) is 0 Å². The van der Waals surface area contributed by atoms with Gasteiger partial charge in [0.15, 0.2) is 0 Å². The van der Waals surface area contributed by atoms with E-state index >= 15 is 0 Å². The minimum Gasteiger partial charge on any atom is -0.870 e. The number of halogens is 1. The normalized spacial score (nSPS) is 14.1. The van der Waals surface area contributed by atoms with Crippen molar-refractivity contribution in [1.82, 2.24) is 0 Å². The Labute approximate surface area is 661 Å². The smallest absolute Gasteiger partial charge is 0.870 e. The van der Waals surface area contributed by atoms with Crippen LogP contribution in [0.3, 0.4) is 0 Å². The topological polar surface area (TPSA) is 151 Å². The summed E-state index contributed by atoms with van der Waals surface area (Å²) >= 11 is 3.39. The van der Waals surface area contributed by atoms with Crippen molar-refractivity contribution in [2.45, 2.75) is 66.7 Å². The molecule has 0 aromatic heterocycles. The average Bonchev–Trinajstić information content (AvgIpc) is 0.788. The fraction of sp³-hybridized carbons (Fsp3) is 0.318. The number of rotatable bonds is 32. The third kappa shape index (κ3) is 24.5. The van der Waals surface area contributed by atoms with Crippen LogP contribution in [0.5, 0.6) is 23.0 Å². The molecule has 0 aliphatic carbocycles. The molecule has 536 valence electrons. The molecule has 0 amide bonds. The quantitative estimate of drug-likeness (QED) is 0.0234. The van der Waals surface area contributed by atoms with Crippen LogP contribution in [-0.4, -0.2) is 114 Å². The van der Waals surface area contributed by atoms with Crippen LogP contribution in [0.1, 0.15) is 66.7 Å². The number of benzene rings is 10. The Kier molecular flexibility index (Phi) is 32.8. The van der Waals surface area contributed by atoms with Crippen molar-refractivity contribution in [3.8, 4) is 67.5 Å². The molecule has 0 unspecified atom stereocenters. The van der Waals surface area contributed by atoms with Crippen LogP contribution in [0.4, 0.5) is 34.1 Å². The first-order chi connectivity index (χ1) is 48.9. The summed E-state index contributed by atoms with van der Waals surface area (Å²) in [6.07, 6.45) is 6.23. The van der Waals surface area contributed by atoms with Crippen molar-refractivity contribution in [3.05, 3.63) is 255 Å². The van der Waals surface area contributed by atoms with Crippen LogP contribution < -0.4 is 70.7 Å². The maximum Gasteiger partial charge on any atom is 1.00 e. The molecule has 3 aliphatic rings. The van der Waals surface area contributed by atoms with Crippen molar-refractivity contribution in [1.29, 1.82) is 0 Å². The molecule has 3 fully saturated rings. The van der Waals surface area contributed by atoms with Crippen LogP contribution in [0.15, 0.2) is 255 Å². The number of aromatic hydroxyl groups is 2. The second kappa shape index (κ2) is 41.5. The Morgan fingerprint density at radius 3 is 0.825 bits per heavy atom. The summed E-state index contributed by atoms with van der Waals surface area (Å²) in [4.78, 5) is 4.45. The molecule has 0 bridgehead atoms. The van der Waals surface area contributed by atoms with Crippen molar-refractivity contribution in [2.24, 2.45) is 16.2 Å². The van der Waals surface area contributed by atoms with Crippen molar-refractivity contribution < 1.29 is 105 Å². The second-order valence-electron chi connectivity index (χ2n) is 27.2. The minimum absolute atomic E-state index is 0. The zero-order valence-corrected chi connectivity index (χ0v) is 64.2. The Morgan fingerprint density at radius 2 is 0.544 bits per heavy atom. The SMILES string of the molecule is C.CC1(COCCCCBr)COC1.CC1(COCCCCOc2ccc(-c3ccc(N(c4ccc(OCCCCOCC5(C)COC5)cc4)c4ccc(-c5ccccc5)cc4)cc3)cc2)COC1.Oc1ccc(-c2ccc(N(c3ccc(O)cc3)c3ccc(-c4ccccc4)cc3)cc2)cc1.[K+].[OH-]. The van der Waals surface area contributed by atoms with Gasteiger partial charge in [0.2, 0.25) is 0 Å². The third-order valence-corrected chi connectivity index (χ3v) is 18.5. The van der Waals surface area contributed by atoms with Crippen LogP contribution in [-0.2, 0) is 28.4 Å². The van der Waals surface area contributed by atoms with Gasteiger partial charge in [-0.05, 0) is 204 Å². The first-order valence-corrected chi connectivity index (χ1v) is 36.2. The number of anilines is 6. The first kappa shape index (κ1) is 81.5. The van der Waals surface area contributed by atoms with Gasteiger partial charge in [-0.3, -0.25) is 0 Å². The van der Waals surface area contributed by atoms with E-state index in [-0.39, 0.29) is 86.6 Å². The van der Waals surface area contributed by atoms with Gasteiger partial charge >= 0.3 is 51.4 Å². The number of alkyl halides is 1. The third-order valence-electron chi connectivity index (χ3n) is 17.9. The number of hydrogen-bond donors (Lipinski definition) is 2. The summed E-state index contributed by atoms with van der Waals surface area (Å²) in [6.45, 7) is 17.7. The molecule has 3 saturated heterocycles. The molecule has 10 aromatic rings. The van der Waals surface area contributed by atoms with Gasteiger partial charge in [-0.2, -0.15) is 0 Å². The Hall–Kier alpha value is -7.16. The maximum absolute atomic E-state index is 9.79. The van der Waals surface area contributed by atoms with E-state index in [0.29, 0.717) is 18.6 Å². The monoisotopic (exact) mass is 1480 g/mol. The van der Waals surface area contributed by atoms with E-state index in [1.165, 1.54) is 23.1 Å². The van der Waals surface area contributed by atoms with Crippen LogP contribution >= 0.6 is 15.9 Å². The Bertz CT molecular complexity index is 3990. The van der Waals surface area contributed by atoms with Crippen LogP contribution in [0.25, 0.3) is 44.5 Å². The Morgan fingerprint density at radius 1 is 0.320 bits per heavy atom. The summed E-state index contributed by atoms with van der Waals surface area (Å²) in [5.41, 5.74) is 16.1. The number of phenolic OH excluding ortho intramolecular Hbond substituents is 2. The number of phenols is 2. The molecular weight excluding hydrogens is 1380 g/mol. The van der Waals surface area contributed by atoms with Gasteiger partial charge in [0.25, 0.3) is 0 Å². The van der Waals surface area contributed by atoms with Crippen molar-refractivity contribution in [3.63, 3.8) is 0 Å². The van der Waals surface area contributed by atoms with E-state index in [9.17, 15) is 10.2 Å². The van der Waals surface area contributed by atoms with E-state index in [1.54, 1.807) is 24.3 Å². The molecular formula is C88H100BrKN2O11. The summed E-state index contributed by atoms with van der Waals surface area (Å²) < 4.78 is 45.1. The summed E-state index contributed by atoms with van der Waals surface area (Å²) in [5, 5.41) is 20.4. The zero-order valence-electron chi connectivity index (χ0n) is 59.5. The van der Waals surface area contributed by atoms with Gasteiger partial charge in [0.1, 0.15) is 23.0 Å². The van der Waals surface area contributed by atoms with Crippen molar-refractivity contribution in [2.75, 3.05) is 108 Å². The van der Waals surface area contributed by atoms with Gasteiger partial charge in [0.05, 0.1) is 72.7 Å². The minimum atomic E-state index is 0. The van der Waals surface area contributed by atoms with Crippen LogP contribution in [0, 0.1) is 16.2 Å². The maximum atomic E-state index is 9.79. The molecule has 10 aromatic carbocycles. The number of unbranched alkanes of at least 4 members (excludes halogenated alkanes) is 3. The van der Waals surface area contributed by atoms with E-state index in [0.717, 1.165) is 190 Å². The Balaban J connectivity index is 0.000000236. The zero-order chi connectivity index (χ0) is 69.3. The fourth-order valence-corrected chi connectivity index (χ4v) is 12.3. The van der Waals surface area contributed by atoms with E-state index in [2.05, 4.69) is 228 Å². The second-order valence-corrected chi connectivity index (χ2v) is 28.0. The molecule has 0 atom stereocenters. The molecule has 13 nitrogen and oxygen atoms in total. The number of hydrogen-bond acceptors (Lipinski definition) is 13. The van der Waals surface area contributed by atoms with E-state index < -0.39 is 0 Å². The summed E-state index contributed by atoms with van der Waals surface area (Å²) in [5.74, 6) is 2.25. The standard InChI is InChI=1S/C48H55NO6.C30H23NO2.C9H17BrO2.CH4.K.H2O/c1-47(34-52-35-47)32-50-28-6-8-30-54-45-24-16-41(17-25-45)40-14-20-43(21-15-40)49(42-18-12-39(13-19-42)38-10-4-3-5-11-38)44-22-26-46(27-23-44)55-31-9-7-29-51-33-48(2)36-53-37-48;32-29-18-10-25(11-19-29)24-8-14-27(15-9-24)31(28-16-20-30(33)21-17-28)26-12-6-23(7-13-26)22-4-2-1-3-5-22;1-9(7-12-8-9)6-11-5-3-2-4-10;;;/h3-5,10-27H,6-9,28-37H2,1-2H3;1-21,32-33H;2-8H2,1H3;1H4;;1H2/q;;;;+1;/p-1. The van der Waals surface area contributed by atoms with Gasteiger partial charge in [-0.25, -0.2) is 0 Å². The molecule has 3 aliphatic heterocycles. The molecule has 3 N–H and O–H groups in total. The number of ether oxygens (including phenoxy) is 8. The molecule has 0 spiro atoms. The molecule has 0 saturated carbocycles. The summed E-state index contributed by atoms with van der Waals surface area (Å²) in [6, 6.07) is 86.3. The van der Waals surface area contributed by atoms with Gasteiger partial charge in [0, 0.05) is 75.5 Å². The van der Waals surface area contributed by atoms with E-state index in [4.69, 9.17) is 37.9 Å². The average molecular weight is 1480 g/mol. The fourth-order valence-electron chi connectivity index (χ4n) is 11.9. The van der Waals surface area contributed by atoms with Gasteiger partial charge in [-0.15, -0.1) is 0 Å². The number of nitrogens with zero attached hydrogens (tertiary/aromatic N) is 2. The summed E-state index contributed by atoms with van der Waals surface area (Å²) in [7, 11) is 0. The van der Waals surface area contributed by atoms with E-state index in [1.807, 2.05) is 48.5 Å². The van der Waals surface area contributed by atoms with Gasteiger partial charge < -0.3 is 63.4 Å². The predicted octanol–water partition coefficient (Wildman–Crippen LogP) is 18.5. The molecule has 103 heavy (non-hydrogen) atoms. The van der Waals surface area contributed by atoms with Crippen molar-refractivity contribution >= 4 is 50.1 Å². The first-order valence-electron chi connectivity index (χ1n) is 35.1. The molecule has 3 heterocycles. The molecule has 13 rings (SSSR count). The molecule has 15 heteroatoms. The van der Waals surface area contributed by atoms with Gasteiger partial charge in [-0.1, -0.05) is 178 Å². The predicted molar refractivity (Wildman–Crippen MR) is 418 cm³/mol.